The number of Topliss-reactive ketones (excluding diaryl/α,β-unsaturated/α-hetero) is 1. The molecule has 2 heterocycles. The summed E-state index contributed by atoms with van der Waals surface area (Å²) >= 11 is 0. The van der Waals surface area contributed by atoms with Crippen LogP contribution in [-0.2, 0) is 16.0 Å². The van der Waals surface area contributed by atoms with Crippen molar-refractivity contribution in [3.05, 3.63) is 52.9 Å². The summed E-state index contributed by atoms with van der Waals surface area (Å²) in [4.78, 5) is 27.7. The van der Waals surface area contributed by atoms with E-state index in [1.54, 1.807) is 0 Å². The molecule has 1 amide bonds. The molecule has 0 unspecified atom stereocenters. The number of aromatic nitrogens is 2. The van der Waals surface area contributed by atoms with E-state index in [0.717, 1.165) is 42.6 Å². The van der Waals surface area contributed by atoms with Crippen molar-refractivity contribution in [1.82, 2.24) is 14.7 Å². The van der Waals surface area contributed by atoms with Gasteiger partial charge in [0, 0.05) is 24.1 Å². The molecule has 3 N–H and O–H groups in total. The van der Waals surface area contributed by atoms with Crippen molar-refractivity contribution in [2.75, 3.05) is 32.9 Å². The Labute approximate surface area is 246 Å². The smallest absolute Gasteiger partial charge is 0.254 e. The number of morpholine rings is 1. The van der Waals surface area contributed by atoms with E-state index in [-0.39, 0.29) is 29.1 Å². The van der Waals surface area contributed by atoms with Crippen molar-refractivity contribution >= 4 is 17.8 Å². The standard InChI is InChI=1S/C33H41N3O6/c1-31-16-21-18-34-36(23-5-3-4-20(14-23)30(40)35-10-12-42-13-11-35)26(21)15-22(31)6-7-24-25-8-9-33(41,28(39)19-37)32(25,2)17-27(38)29(24)31/h3-5,14-15,18,24-25,27,29,37-38,41H,6-13,16-17,19H2,1-2H3/t24-,25-,27-,29+,31-,32-,33-/m0/s1. The minimum atomic E-state index is -1.59. The summed E-state index contributed by atoms with van der Waals surface area (Å²) in [6.45, 7) is 5.84. The second-order valence-electron chi connectivity index (χ2n) is 13.7. The van der Waals surface area contributed by atoms with E-state index in [2.05, 4.69) is 13.0 Å². The lowest BCUT2D eigenvalue weighted by molar-refractivity contribution is -0.181. The number of benzene rings is 1. The van der Waals surface area contributed by atoms with Crippen LogP contribution in [0.1, 0.15) is 67.6 Å². The molecular formula is C33H41N3O6. The van der Waals surface area contributed by atoms with Gasteiger partial charge in [-0.25, -0.2) is 4.68 Å². The third kappa shape index (κ3) is 3.86. The Bertz CT molecular complexity index is 1460. The van der Waals surface area contributed by atoms with Crippen LogP contribution in [0.3, 0.4) is 0 Å². The summed E-state index contributed by atoms with van der Waals surface area (Å²) in [5, 5.41) is 37.7. The topological polar surface area (TPSA) is 125 Å². The average Bonchev–Trinajstić information content (AvgIpc) is 3.52. The Morgan fingerprint density at radius 3 is 2.71 bits per heavy atom. The fraction of sp³-hybridized carbons (Fsp3) is 0.606. The number of hydrogen-bond acceptors (Lipinski definition) is 7. The van der Waals surface area contributed by atoms with Gasteiger partial charge in [-0.2, -0.15) is 5.10 Å². The van der Waals surface area contributed by atoms with Gasteiger partial charge in [-0.3, -0.25) is 9.59 Å². The maximum absolute atomic E-state index is 13.2. The zero-order valence-electron chi connectivity index (χ0n) is 24.5. The van der Waals surface area contributed by atoms with Crippen molar-refractivity contribution in [3.63, 3.8) is 0 Å². The van der Waals surface area contributed by atoms with Crippen molar-refractivity contribution in [2.24, 2.45) is 28.6 Å². The fourth-order valence-electron chi connectivity index (χ4n) is 9.70. The van der Waals surface area contributed by atoms with Crippen LogP contribution in [0.15, 0.2) is 36.0 Å². The summed E-state index contributed by atoms with van der Waals surface area (Å²) in [7, 11) is 0. The van der Waals surface area contributed by atoms with Crippen molar-refractivity contribution in [2.45, 2.75) is 64.1 Å². The van der Waals surface area contributed by atoms with Gasteiger partial charge < -0.3 is 25.0 Å². The average molecular weight is 576 g/mol. The number of aliphatic hydroxyl groups is 3. The lowest BCUT2D eigenvalue weighted by Crippen LogP contribution is -2.62. The van der Waals surface area contributed by atoms with Gasteiger partial charge in [-0.1, -0.05) is 25.5 Å². The number of nitrogens with zero attached hydrogens (tertiary/aromatic N) is 3. The third-order valence-electron chi connectivity index (χ3n) is 11.8. The van der Waals surface area contributed by atoms with E-state index >= 15 is 0 Å². The number of fused-ring (bicyclic) bond motifs is 6. The molecule has 7 rings (SSSR count). The van der Waals surface area contributed by atoms with Gasteiger partial charge in [0.2, 0.25) is 0 Å². The first-order chi connectivity index (χ1) is 20.1. The highest BCUT2D eigenvalue weighted by Gasteiger charge is 2.68. The van der Waals surface area contributed by atoms with E-state index in [0.29, 0.717) is 44.7 Å². The van der Waals surface area contributed by atoms with Gasteiger partial charge in [-0.05, 0) is 91.5 Å². The lowest BCUT2D eigenvalue weighted by Gasteiger charge is -2.60. The zero-order valence-corrected chi connectivity index (χ0v) is 24.5. The van der Waals surface area contributed by atoms with E-state index < -0.39 is 29.5 Å². The molecule has 3 saturated carbocycles. The van der Waals surface area contributed by atoms with E-state index in [1.807, 2.05) is 47.0 Å². The Hall–Kier alpha value is -2.85. The minimum Gasteiger partial charge on any atom is -0.393 e. The molecule has 1 aromatic carbocycles. The number of carbonyl (C=O) groups is 2. The van der Waals surface area contributed by atoms with E-state index in [4.69, 9.17) is 9.84 Å². The van der Waals surface area contributed by atoms with Gasteiger partial charge in [0.15, 0.2) is 5.78 Å². The SMILES string of the molecule is C[C@]12Cc3cnn(-c4cccc(C(=O)N5CCOCC5)c4)c3C=C1CC[C@@H]1[C@@H]2[C@@H](O)C[C@@]2(C)[C@H]1CC[C@]2(O)C(=O)CO. The van der Waals surface area contributed by atoms with Gasteiger partial charge in [0.25, 0.3) is 5.91 Å². The predicted octanol–water partition coefficient (Wildman–Crippen LogP) is 2.79. The molecule has 9 heteroatoms. The van der Waals surface area contributed by atoms with Crippen LogP contribution in [0.5, 0.6) is 0 Å². The van der Waals surface area contributed by atoms with Crippen LogP contribution in [0.25, 0.3) is 11.8 Å². The number of carbonyl (C=O) groups excluding carboxylic acids is 2. The molecule has 0 spiro atoms. The monoisotopic (exact) mass is 575 g/mol. The van der Waals surface area contributed by atoms with Crippen LogP contribution in [-0.4, -0.2) is 86.3 Å². The van der Waals surface area contributed by atoms with Gasteiger partial charge in [-0.15, -0.1) is 0 Å². The summed E-state index contributed by atoms with van der Waals surface area (Å²) < 4.78 is 7.33. The first kappa shape index (κ1) is 28.0. The largest absolute Gasteiger partial charge is 0.393 e. The highest BCUT2D eigenvalue weighted by molar-refractivity contribution is 5.95. The maximum atomic E-state index is 13.2. The Morgan fingerprint density at radius 2 is 1.95 bits per heavy atom. The van der Waals surface area contributed by atoms with Gasteiger partial charge in [0.1, 0.15) is 12.2 Å². The molecule has 4 fully saturated rings. The Balaban J connectivity index is 1.19. The molecule has 1 aliphatic heterocycles. The molecule has 42 heavy (non-hydrogen) atoms. The molecule has 224 valence electrons. The van der Waals surface area contributed by atoms with Gasteiger partial charge in [0.05, 0.1) is 36.9 Å². The van der Waals surface area contributed by atoms with E-state index in [9.17, 15) is 24.9 Å². The summed E-state index contributed by atoms with van der Waals surface area (Å²) in [5.41, 5.74) is 2.32. The predicted molar refractivity (Wildman–Crippen MR) is 155 cm³/mol. The number of rotatable bonds is 4. The molecule has 1 saturated heterocycles. The number of ketones is 1. The second kappa shape index (κ2) is 9.84. The van der Waals surface area contributed by atoms with Crippen LogP contribution in [0.2, 0.25) is 0 Å². The zero-order chi connectivity index (χ0) is 29.4. The van der Waals surface area contributed by atoms with Crippen molar-refractivity contribution < 1.29 is 29.6 Å². The fourth-order valence-corrected chi connectivity index (χ4v) is 9.70. The Kier molecular flexibility index (Phi) is 6.55. The normalized spacial score (nSPS) is 37.3. The number of ether oxygens (including phenoxy) is 1. The molecule has 1 aromatic heterocycles. The molecule has 0 bridgehead atoms. The molecule has 9 nitrogen and oxygen atoms in total. The van der Waals surface area contributed by atoms with Crippen LogP contribution in [0.4, 0.5) is 0 Å². The molecule has 5 aliphatic rings. The number of aliphatic hydroxyl groups excluding tert-OH is 2. The van der Waals surface area contributed by atoms with Crippen molar-refractivity contribution in [3.8, 4) is 5.69 Å². The highest BCUT2D eigenvalue weighted by atomic mass is 16.5. The summed E-state index contributed by atoms with van der Waals surface area (Å²) in [6, 6.07) is 7.65. The second-order valence-corrected chi connectivity index (χ2v) is 13.7. The molecule has 4 aliphatic carbocycles. The van der Waals surface area contributed by atoms with Crippen LogP contribution >= 0.6 is 0 Å². The highest BCUT2D eigenvalue weighted by Crippen LogP contribution is 2.67. The van der Waals surface area contributed by atoms with E-state index in [1.165, 1.54) is 5.57 Å². The minimum absolute atomic E-state index is 0.00297. The summed E-state index contributed by atoms with van der Waals surface area (Å²) in [5.74, 6) is -0.218. The first-order valence-electron chi connectivity index (χ1n) is 15.4. The molecule has 2 aromatic rings. The van der Waals surface area contributed by atoms with Gasteiger partial charge >= 0.3 is 0 Å². The summed E-state index contributed by atoms with van der Waals surface area (Å²) in [6.07, 6.45) is 7.43. The number of amides is 1. The maximum Gasteiger partial charge on any atom is 0.254 e. The van der Waals surface area contributed by atoms with Crippen LogP contribution in [0, 0.1) is 28.6 Å². The number of hydrogen-bond donors (Lipinski definition) is 3. The Morgan fingerprint density at radius 1 is 1.17 bits per heavy atom. The lowest BCUT2D eigenvalue weighted by atomic mass is 9.45. The first-order valence-corrected chi connectivity index (χ1v) is 15.4. The third-order valence-corrected chi connectivity index (χ3v) is 11.8. The molecule has 0 radical (unpaired) electrons. The molecular weight excluding hydrogens is 534 g/mol. The number of allylic oxidation sites excluding steroid dienone is 1. The van der Waals surface area contributed by atoms with Crippen LogP contribution < -0.4 is 0 Å². The van der Waals surface area contributed by atoms with Crippen molar-refractivity contribution in [1.29, 1.82) is 0 Å². The quantitative estimate of drug-likeness (QED) is 0.512. The molecule has 7 atom stereocenters.